The molecule has 4 aromatic rings. The van der Waals surface area contributed by atoms with Gasteiger partial charge in [-0.05, 0) is 24.3 Å². The smallest absolute Gasteiger partial charge is 0.409 e. The van der Waals surface area contributed by atoms with E-state index in [4.69, 9.17) is 27.9 Å². The summed E-state index contributed by atoms with van der Waals surface area (Å²) in [5.41, 5.74) is -2.18. The van der Waals surface area contributed by atoms with Crippen molar-refractivity contribution in [2.45, 2.75) is 0 Å². The summed E-state index contributed by atoms with van der Waals surface area (Å²) in [6.45, 7) is 1.36. The zero-order valence-corrected chi connectivity index (χ0v) is 22.8. The largest absolute Gasteiger partial charge is 0.453 e. The van der Waals surface area contributed by atoms with Crippen LogP contribution in [0.2, 0.25) is 10.0 Å². The predicted molar refractivity (Wildman–Crippen MR) is 148 cm³/mol. The number of amides is 2. The number of nitrogens with one attached hydrogen (secondary N) is 1. The Balaban J connectivity index is 1.64. The number of hydrogen-bond donors (Lipinski definition) is 1. The molecule has 9 nitrogen and oxygen atoms in total. The van der Waals surface area contributed by atoms with Crippen molar-refractivity contribution in [1.82, 2.24) is 14.5 Å². The van der Waals surface area contributed by atoms with Crippen molar-refractivity contribution in [2.75, 3.05) is 43.5 Å². The highest BCUT2D eigenvalue weighted by molar-refractivity contribution is 6.40. The maximum atomic E-state index is 15.0. The number of pyridine rings is 2. The zero-order chi connectivity index (χ0) is 29.4. The lowest BCUT2D eigenvalue weighted by atomic mass is 10.1. The Morgan fingerprint density at radius 1 is 0.976 bits per heavy atom. The molecule has 1 N–H and O–H groups in total. The maximum absolute atomic E-state index is 15.0. The molecular weight excluding hydrogens is 586 g/mol. The van der Waals surface area contributed by atoms with Crippen LogP contribution in [0.3, 0.4) is 0 Å². The van der Waals surface area contributed by atoms with E-state index >= 15 is 8.78 Å². The van der Waals surface area contributed by atoms with E-state index in [0.29, 0.717) is 44.1 Å². The number of hydrogen-bond acceptors (Lipinski definition) is 6. The topological polar surface area (TPSA) is 96.8 Å². The van der Waals surface area contributed by atoms with Crippen LogP contribution >= 0.6 is 23.2 Å². The lowest BCUT2D eigenvalue weighted by Crippen LogP contribution is -2.49. The van der Waals surface area contributed by atoms with Crippen molar-refractivity contribution in [3.63, 3.8) is 0 Å². The molecular formula is C27H20Cl2F3N5O4. The van der Waals surface area contributed by atoms with Gasteiger partial charge in [0, 0.05) is 44.5 Å². The third kappa shape index (κ3) is 5.40. The van der Waals surface area contributed by atoms with Gasteiger partial charge in [-0.1, -0.05) is 29.3 Å². The van der Waals surface area contributed by atoms with Crippen LogP contribution in [0.4, 0.5) is 29.5 Å². The second kappa shape index (κ2) is 11.3. The lowest BCUT2D eigenvalue weighted by Gasteiger charge is -2.34. The minimum atomic E-state index is -1.29. The molecule has 1 saturated heterocycles. The van der Waals surface area contributed by atoms with Crippen LogP contribution < -0.4 is 15.6 Å². The first-order chi connectivity index (χ1) is 19.6. The fourth-order valence-corrected chi connectivity index (χ4v) is 5.00. The minimum Gasteiger partial charge on any atom is -0.453 e. The summed E-state index contributed by atoms with van der Waals surface area (Å²) in [5, 5.41) is 2.52. The van der Waals surface area contributed by atoms with Gasteiger partial charge in [0.25, 0.3) is 5.91 Å². The Bertz CT molecular complexity index is 1720. The summed E-state index contributed by atoms with van der Waals surface area (Å²) >= 11 is 12.3. The van der Waals surface area contributed by atoms with Crippen molar-refractivity contribution in [3.05, 3.63) is 91.9 Å². The fourth-order valence-electron chi connectivity index (χ4n) is 4.51. The molecule has 2 aromatic carbocycles. The van der Waals surface area contributed by atoms with Gasteiger partial charge in [0.1, 0.15) is 22.9 Å². The molecule has 41 heavy (non-hydrogen) atoms. The summed E-state index contributed by atoms with van der Waals surface area (Å²) < 4.78 is 49.4. The molecule has 0 bridgehead atoms. The summed E-state index contributed by atoms with van der Waals surface area (Å²) in [7, 11) is 1.28. The Morgan fingerprint density at radius 2 is 1.61 bits per heavy atom. The number of aromatic nitrogens is 2. The fraction of sp³-hybridized carbons (Fsp3) is 0.185. The molecule has 0 spiro atoms. The van der Waals surface area contributed by atoms with E-state index in [-0.39, 0.29) is 26.8 Å². The Labute approximate surface area is 240 Å². The second-order valence-corrected chi connectivity index (χ2v) is 9.81. The Kier molecular flexibility index (Phi) is 7.78. The average molecular weight is 606 g/mol. The highest BCUT2D eigenvalue weighted by atomic mass is 35.5. The van der Waals surface area contributed by atoms with Gasteiger partial charge in [0.05, 0.1) is 28.2 Å². The molecule has 1 fully saturated rings. The molecule has 1 aliphatic rings. The number of nitrogens with zero attached hydrogens (tertiary/aromatic N) is 4. The van der Waals surface area contributed by atoms with Gasteiger partial charge >= 0.3 is 6.09 Å². The number of rotatable bonds is 4. The molecule has 212 valence electrons. The molecule has 0 aliphatic carbocycles. The van der Waals surface area contributed by atoms with Crippen LogP contribution in [0.15, 0.2) is 53.5 Å². The average Bonchev–Trinajstić information content (AvgIpc) is 2.95. The standard InChI is InChI=1S/C27H20Cl2F3N5O4/c1-41-27(40)36-9-7-35(8-10-36)21-6-5-15-24(38)16(26(39)34-22-17(28)3-2-4-18(22)29)13-37(25(15)33-21)23-19(31)11-14(30)12-20(23)32/h2-6,11-13H,7-10H2,1H3,(H,34,39). The highest BCUT2D eigenvalue weighted by Gasteiger charge is 2.25. The van der Waals surface area contributed by atoms with Crippen LogP contribution in [-0.4, -0.2) is 59.7 Å². The van der Waals surface area contributed by atoms with Gasteiger partial charge in [0.2, 0.25) is 5.43 Å². The summed E-state index contributed by atoms with van der Waals surface area (Å²) in [6, 6.07) is 8.35. The predicted octanol–water partition coefficient (Wildman–Crippen LogP) is 5.25. The number of carbonyl (C=O) groups excluding carboxylic acids is 2. The molecule has 0 saturated carbocycles. The van der Waals surface area contributed by atoms with E-state index in [1.165, 1.54) is 36.3 Å². The quantitative estimate of drug-likeness (QED) is 0.341. The molecule has 2 amide bonds. The molecule has 0 radical (unpaired) electrons. The maximum Gasteiger partial charge on any atom is 0.409 e. The third-order valence-electron chi connectivity index (χ3n) is 6.54. The number of methoxy groups -OCH3 is 1. The van der Waals surface area contributed by atoms with Crippen molar-refractivity contribution in [2.24, 2.45) is 0 Å². The van der Waals surface area contributed by atoms with Crippen LogP contribution in [0, 0.1) is 17.5 Å². The van der Waals surface area contributed by atoms with Crippen molar-refractivity contribution < 1.29 is 27.5 Å². The van der Waals surface area contributed by atoms with E-state index in [1.807, 2.05) is 4.90 Å². The molecule has 2 aromatic heterocycles. The Hall–Kier alpha value is -4.29. The summed E-state index contributed by atoms with van der Waals surface area (Å²) in [4.78, 5) is 46.4. The second-order valence-electron chi connectivity index (χ2n) is 9.00. The van der Waals surface area contributed by atoms with E-state index in [9.17, 15) is 18.8 Å². The number of fused-ring (bicyclic) bond motifs is 1. The zero-order valence-electron chi connectivity index (χ0n) is 21.3. The van der Waals surface area contributed by atoms with Gasteiger partial charge in [-0.25, -0.2) is 22.9 Å². The van der Waals surface area contributed by atoms with Crippen LogP contribution in [0.25, 0.3) is 16.7 Å². The SMILES string of the molecule is COC(=O)N1CCN(c2ccc3c(=O)c(C(=O)Nc4c(Cl)cccc4Cl)cn(-c4c(F)cc(F)cc4F)c3n2)CC1. The van der Waals surface area contributed by atoms with Crippen molar-refractivity contribution in [1.29, 1.82) is 0 Å². The first-order valence-electron chi connectivity index (χ1n) is 12.1. The van der Waals surface area contributed by atoms with Crippen molar-refractivity contribution >= 4 is 57.7 Å². The number of piperazine rings is 1. The van der Waals surface area contributed by atoms with Crippen LogP contribution in [-0.2, 0) is 4.74 Å². The lowest BCUT2D eigenvalue weighted by molar-refractivity contribution is 0.102. The van der Waals surface area contributed by atoms with Gasteiger partial charge in [0.15, 0.2) is 17.3 Å². The minimum absolute atomic E-state index is 0.0330. The van der Waals surface area contributed by atoms with Gasteiger partial charge < -0.3 is 19.9 Å². The first-order valence-corrected chi connectivity index (χ1v) is 12.9. The van der Waals surface area contributed by atoms with Gasteiger partial charge in [-0.15, -0.1) is 0 Å². The van der Waals surface area contributed by atoms with E-state index in [0.717, 1.165) is 10.8 Å². The number of halogens is 5. The molecule has 1 aliphatic heterocycles. The first kappa shape index (κ1) is 28.2. The normalized spacial score (nSPS) is 13.4. The molecule has 14 heteroatoms. The van der Waals surface area contributed by atoms with Crippen LogP contribution in [0.5, 0.6) is 0 Å². The molecule has 3 heterocycles. The number of carbonyl (C=O) groups is 2. The third-order valence-corrected chi connectivity index (χ3v) is 7.17. The number of ether oxygens (including phenoxy) is 1. The summed E-state index contributed by atoms with van der Waals surface area (Å²) in [5.74, 6) is -4.33. The number of para-hydroxylation sites is 1. The summed E-state index contributed by atoms with van der Waals surface area (Å²) in [6.07, 6.45) is 0.451. The number of anilines is 2. The van der Waals surface area contributed by atoms with Crippen molar-refractivity contribution in [3.8, 4) is 5.69 Å². The van der Waals surface area contributed by atoms with Gasteiger partial charge in [-0.2, -0.15) is 0 Å². The monoisotopic (exact) mass is 605 g/mol. The van der Waals surface area contributed by atoms with Gasteiger partial charge in [-0.3, -0.25) is 14.2 Å². The van der Waals surface area contributed by atoms with E-state index < -0.39 is 46.1 Å². The van der Waals surface area contributed by atoms with Crippen LogP contribution in [0.1, 0.15) is 10.4 Å². The van der Waals surface area contributed by atoms with E-state index in [1.54, 1.807) is 6.07 Å². The Morgan fingerprint density at radius 3 is 2.22 bits per heavy atom. The number of benzene rings is 2. The highest BCUT2D eigenvalue weighted by Crippen LogP contribution is 2.31. The molecule has 5 rings (SSSR count). The van der Waals surface area contributed by atoms with E-state index in [2.05, 4.69) is 10.3 Å². The molecule has 0 atom stereocenters. The molecule has 0 unspecified atom stereocenters.